The monoisotopic (exact) mass is 311 g/mol. The molecular weight excluding hydrogens is 294 g/mol. The van der Waals surface area contributed by atoms with E-state index in [9.17, 15) is 14.4 Å². The summed E-state index contributed by atoms with van der Waals surface area (Å²) in [6, 6.07) is 13.7. The lowest BCUT2D eigenvalue weighted by Crippen LogP contribution is -2.28. The molecule has 1 N–H and O–H groups in total. The molecule has 0 spiro atoms. The van der Waals surface area contributed by atoms with Gasteiger partial charge in [-0.3, -0.25) is 9.59 Å². The van der Waals surface area contributed by atoms with E-state index in [1.165, 1.54) is 24.3 Å². The number of esters is 1. The van der Waals surface area contributed by atoms with Crippen molar-refractivity contribution >= 4 is 18.2 Å². The molecule has 5 nitrogen and oxygen atoms in total. The second kappa shape index (κ2) is 7.89. The Morgan fingerprint density at radius 2 is 1.78 bits per heavy atom. The van der Waals surface area contributed by atoms with Gasteiger partial charge >= 0.3 is 5.97 Å². The minimum absolute atomic E-state index is 0.294. The number of nitrogens with one attached hydrogen (secondary N) is 1. The number of aldehydes is 1. The number of rotatable bonds is 6. The van der Waals surface area contributed by atoms with Crippen LogP contribution in [0.3, 0.4) is 0 Å². The molecule has 0 aromatic heterocycles. The van der Waals surface area contributed by atoms with Gasteiger partial charge in [0.25, 0.3) is 5.91 Å². The molecule has 1 amide bonds. The van der Waals surface area contributed by atoms with Gasteiger partial charge in [0.05, 0.1) is 5.56 Å². The quantitative estimate of drug-likeness (QED) is 0.656. The Morgan fingerprint density at radius 1 is 1.09 bits per heavy atom. The van der Waals surface area contributed by atoms with E-state index < -0.39 is 5.97 Å². The van der Waals surface area contributed by atoms with Crippen LogP contribution < -0.4 is 5.32 Å². The van der Waals surface area contributed by atoms with Crippen molar-refractivity contribution in [2.24, 2.45) is 0 Å². The van der Waals surface area contributed by atoms with Crippen LogP contribution in [0.25, 0.3) is 0 Å². The van der Waals surface area contributed by atoms with Gasteiger partial charge < -0.3 is 10.1 Å². The summed E-state index contributed by atoms with van der Waals surface area (Å²) < 4.78 is 4.94. The number of aryl methyl sites for hydroxylation is 1. The first kappa shape index (κ1) is 16.4. The molecule has 118 valence electrons. The maximum absolute atomic E-state index is 11.8. The molecule has 0 radical (unpaired) electrons. The summed E-state index contributed by atoms with van der Waals surface area (Å²) in [7, 11) is 0. The fourth-order valence-corrected chi connectivity index (χ4v) is 1.97. The van der Waals surface area contributed by atoms with Crippen LogP contribution in [0, 0.1) is 6.92 Å². The third-order valence-electron chi connectivity index (χ3n) is 3.35. The maximum atomic E-state index is 11.8. The number of hydrogen-bond donors (Lipinski definition) is 1. The highest BCUT2D eigenvalue weighted by Crippen LogP contribution is 2.06. The molecule has 0 bridgehead atoms. The highest BCUT2D eigenvalue weighted by atomic mass is 16.5. The van der Waals surface area contributed by atoms with Crippen molar-refractivity contribution in [2.75, 3.05) is 6.61 Å². The van der Waals surface area contributed by atoms with Crippen molar-refractivity contribution in [1.82, 2.24) is 5.32 Å². The Labute approximate surface area is 134 Å². The van der Waals surface area contributed by atoms with E-state index in [1.807, 2.05) is 31.2 Å². The summed E-state index contributed by atoms with van der Waals surface area (Å²) in [5, 5.41) is 2.70. The maximum Gasteiger partial charge on any atom is 0.338 e. The number of carbonyl (C=O) groups excluding carboxylic acids is 3. The lowest BCUT2D eigenvalue weighted by molar-refractivity contribution is -0.124. The smallest absolute Gasteiger partial charge is 0.338 e. The Morgan fingerprint density at radius 3 is 2.43 bits per heavy atom. The fraction of sp³-hybridized carbons (Fsp3) is 0.167. The number of ether oxygens (including phenoxy) is 1. The molecule has 2 aromatic rings. The van der Waals surface area contributed by atoms with E-state index >= 15 is 0 Å². The average Bonchev–Trinajstić information content (AvgIpc) is 2.59. The van der Waals surface area contributed by atoms with Crippen molar-refractivity contribution < 1.29 is 19.1 Å². The zero-order valence-corrected chi connectivity index (χ0v) is 12.7. The van der Waals surface area contributed by atoms with E-state index in [4.69, 9.17) is 4.74 Å². The van der Waals surface area contributed by atoms with Crippen LogP contribution in [0.5, 0.6) is 0 Å². The predicted octanol–water partition coefficient (Wildman–Crippen LogP) is 2.28. The van der Waals surface area contributed by atoms with Gasteiger partial charge in [-0.1, -0.05) is 36.4 Å². The predicted molar refractivity (Wildman–Crippen MR) is 85.1 cm³/mol. The molecule has 0 fully saturated rings. The molecule has 23 heavy (non-hydrogen) atoms. The molecular formula is C18H17NO4. The van der Waals surface area contributed by atoms with Gasteiger partial charge in [0, 0.05) is 12.1 Å². The SMILES string of the molecule is Cc1ccccc1CNC(=O)COC(=O)c1ccc(C=O)cc1. The van der Waals surface area contributed by atoms with Crippen LogP contribution in [-0.2, 0) is 16.1 Å². The third-order valence-corrected chi connectivity index (χ3v) is 3.35. The van der Waals surface area contributed by atoms with Gasteiger partial charge in [0.1, 0.15) is 6.29 Å². The van der Waals surface area contributed by atoms with E-state index in [0.717, 1.165) is 11.1 Å². The van der Waals surface area contributed by atoms with Gasteiger partial charge in [0.2, 0.25) is 0 Å². The summed E-state index contributed by atoms with van der Waals surface area (Å²) in [4.78, 5) is 34.1. The summed E-state index contributed by atoms with van der Waals surface area (Å²) in [5.74, 6) is -0.973. The van der Waals surface area contributed by atoms with Gasteiger partial charge in [0.15, 0.2) is 6.61 Å². The number of hydrogen-bond acceptors (Lipinski definition) is 4. The number of amides is 1. The Kier molecular flexibility index (Phi) is 5.63. The van der Waals surface area contributed by atoms with Crippen molar-refractivity contribution in [3.05, 3.63) is 70.8 Å². The van der Waals surface area contributed by atoms with Gasteiger partial charge in [-0.15, -0.1) is 0 Å². The highest BCUT2D eigenvalue weighted by Gasteiger charge is 2.10. The zero-order valence-electron chi connectivity index (χ0n) is 12.7. The summed E-state index contributed by atoms with van der Waals surface area (Å²) in [6.45, 7) is 2.00. The van der Waals surface area contributed by atoms with E-state index in [1.54, 1.807) is 0 Å². The summed E-state index contributed by atoms with van der Waals surface area (Å²) in [5.41, 5.74) is 2.86. The zero-order chi connectivity index (χ0) is 16.7. The summed E-state index contributed by atoms with van der Waals surface area (Å²) in [6.07, 6.45) is 0.689. The highest BCUT2D eigenvalue weighted by molar-refractivity contribution is 5.92. The molecule has 0 aliphatic rings. The second-order valence-electron chi connectivity index (χ2n) is 5.02. The standard InChI is InChI=1S/C18H17NO4/c1-13-4-2-3-5-16(13)10-19-17(21)12-23-18(22)15-8-6-14(11-20)7-9-15/h2-9,11H,10,12H2,1H3,(H,19,21). The largest absolute Gasteiger partial charge is 0.452 e. The number of benzene rings is 2. The molecule has 0 unspecified atom stereocenters. The van der Waals surface area contributed by atoms with Crippen molar-refractivity contribution in [2.45, 2.75) is 13.5 Å². The minimum atomic E-state index is -0.603. The molecule has 0 aliphatic heterocycles. The lowest BCUT2D eigenvalue weighted by atomic mass is 10.1. The van der Waals surface area contributed by atoms with Crippen LogP contribution in [0.4, 0.5) is 0 Å². The van der Waals surface area contributed by atoms with Crippen LogP contribution in [-0.4, -0.2) is 24.8 Å². The third kappa shape index (κ3) is 4.78. The summed E-state index contributed by atoms with van der Waals surface area (Å²) >= 11 is 0. The van der Waals surface area contributed by atoms with Crippen molar-refractivity contribution in [3.63, 3.8) is 0 Å². The van der Waals surface area contributed by atoms with Crippen LogP contribution >= 0.6 is 0 Å². The molecule has 0 saturated heterocycles. The van der Waals surface area contributed by atoms with Gasteiger partial charge in [-0.2, -0.15) is 0 Å². The van der Waals surface area contributed by atoms with E-state index in [-0.39, 0.29) is 12.5 Å². The number of carbonyl (C=O) groups is 3. The molecule has 0 heterocycles. The second-order valence-corrected chi connectivity index (χ2v) is 5.02. The normalized spacial score (nSPS) is 9.96. The van der Waals surface area contributed by atoms with Crippen LogP contribution in [0.2, 0.25) is 0 Å². The first-order chi connectivity index (χ1) is 11.1. The Balaban J connectivity index is 1.80. The molecule has 0 atom stereocenters. The molecule has 0 aliphatic carbocycles. The lowest BCUT2D eigenvalue weighted by Gasteiger charge is -2.08. The van der Waals surface area contributed by atoms with Gasteiger partial charge in [-0.05, 0) is 30.2 Å². The van der Waals surface area contributed by atoms with Crippen LogP contribution in [0.15, 0.2) is 48.5 Å². The van der Waals surface area contributed by atoms with Crippen LogP contribution in [0.1, 0.15) is 31.8 Å². The molecule has 2 rings (SSSR count). The van der Waals surface area contributed by atoms with Crippen molar-refractivity contribution in [3.8, 4) is 0 Å². The first-order valence-electron chi connectivity index (χ1n) is 7.13. The fourth-order valence-electron chi connectivity index (χ4n) is 1.97. The molecule has 2 aromatic carbocycles. The minimum Gasteiger partial charge on any atom is -0.452 e. The average molecular weight is 311 g/mol. The molecule has 0 saturated carbocycles. The Bertz CT molecular complexity index is 707. The van der Waals surface area contributed by atoms with E-state index in [2.05, 4.69) is 5.32 Å². The van der Waals surface area contributed by atoms with Gasteiger partial charge in [-0.25, -0.2) is 4.79 Å². The molecule has 5 heteroatoms. The van der Waals surface area contributed by atoms with E-state index in [0.29, 0.717) is 24.0 Å². The first-order valence-corrected chi connectivity index (χ1v) is 7.13. The topological polar surface area (TPSA) is 72.5 Å². The van der Waals surface area contributed by atoms with Crippen molar-refractivity contribution in [1.29, 1.82) is 0 Å². The Hall–Kier alpha value is -2.95.